The van der Waals surface area contributed by atoms with Crippen LogP contribution in [0.15, 0.2) is 0 Å². The second-order valence-electron chi connectivity index (χ2n) is 4.50. The van der Waals surface area contributed by atoms with Crippen LogP contribution in [-0.2, 0) is 14.3 Å². The molecule has 0 radical (unpaired) electrons. The number of rotatable bonds is 7. The van der Waals surface area contributed by atoms with Gasteiger partial charge in [-0.1, -0.05) is 0 Å². The Morgan fingerprint density at radius 1 is 1.21 bits per heavy atom. The monoisotopic (exact) mass is 272 g/mol. The molecule has 0 saturated carbocycles. The number of amides is 2. The maximum Gasteiger partial charge on any atom is 0.239 e. The minimum Gasteiger partial charge on any atom is -0.383 e. The van der Waals surface area contributed by atoms with Crippen molar-refractivity contribution in [2.45, 2.75) is 6.42 Å². The summed E-state index contributed by atoms with van der Waals surface area (Å²) in [5, 5.41) is 8.55. The third-order valence-corrected chi connectivity index (χ3v) is 2.87. The van der Waals surface area contributed by atoms with Gasteiger partial charge in [0, 0.05) is 26.7 Å². The Kier molecular flexibility index (Phi) is 8.11. The van der Waals surface area contributed by atoms with Gasteiger partial charge in [0.25, 0.3) is 0 Å². The number of nitrogens with one attached hydrogen (secondary N) is 3. The van der Waals surface area contributed by atoms with Gasteiger partial charge in [-0.2, -0.15) is 0 Å². The van der Waals surface area contributed by atoms with Gasteiger partial charge in [0.1, 0.15) is 0 Å². The average molecular weight is 272 g/mol. The number of hydrogen-bond acceptors (Lipinski definition) is 5. The van der Waals surface area contributed by atoms with E-state index in [0.717, 1.165) is 32.6 Å². The molecular weight excluding hydrogens is 248 g/mol. The standard InChI is InChI=1S/C12H24N4O3/c1-19-8-5-14-11(17)9-15-12(18)10-16-6-2-3-13-4-7-16/h13H,2-10H2,1H3,(H,14,17)(H,15,18). The van der Waals surface area contributed by atoms with Crippen molar-refractivity contribution in [1.82, 2.24) is 20.9 Å². The Hall–Kier alpha value is -1.18. The molecule has 0 aromatic carbocycles. The van der Waals surface area contributed by atoms with E-state index in [0.29, 0.717) is 19.7 Å². The molecule has 0 atom stereocenters. The first kappa shape index (κ1) is 15.9. The van der Waals surface area contributed by atoms with Gasteiger partial charge in [0.15, 0.2) is 0 Å². The normalized spacial score (nSPS) is 16.7. The maximum absolute atomic E-state index is 11.7. The fourth-order valence-electron chi connectivity index (χ4n) is 1.85. The predicted octanol–water partition coefficient (Wildman–Crippen LogP) is -1.84. The molecule has 0 bridgehead atoms. The first-order chi connectivity index (χ1) is 9.22. The lowest BCUT2D eigenvalue weighted by molar-refractivity contribution is -0.126. The molecule has 110 valence electrons. The van der Waals surface area contributed by atoms with Crippen LogP contribution < -0.4 is 16.0 Å². The molecule has 3 N–H and O–H groups in total. The third kappa shape index (κ3) is 7.76. The predicted molar refractivity (Wildman–Crippen MR) is 71.8 cm³/mol. The first-order valence-electron chi connectivity index (χ1n) is 6.68. The van der Waals surface area contributed by atoms with Gasteiger partial charge in [-0.15, -0.1) is 0 Å². The molecule has 19 heavy (non-hydrogen) atoms. The number of ether oxygens (including phenoxy) is 1. The van der Waals surface area contributed by atoms with E-state index in [2.05, 4.69) is 20.9 Å². The van der Waals surface area contributed by atoms with Gasteiger partial charge in [-0.3, -0.25) is 14.5 Å². The van der Waals surface area contributed by atoms with Crippen molar-refractivity contribution in [3.05, 3.63) is 0 Å². The summed E-state index contributed by atoms with van der Waals surface area (Å²) >= 11 is 0. The van der Waals surface area contributed by atoms with E-state index in [1.54, 1.807) is 7.11 Å². The van der Waals surface area contributed by atoms with Crippen LogP contribution in [0.3, 0.4) is 0 Å². The van der Waals surface area contributed by atoms with Crippen LogP contribution >= 0.6 is 0 Å². The Labute approximate surface area is 114 Å². The maximum atomic E-state index is 11.7. The fourth-order valence-corrected chi connectivity index (χ4v) is 1.85. The van der Waals surface area contributed by atoms with Crippen molar-refractivity contribution in [1.29, 1.82) is 0 Å². The highest BCUT2D eigenvalue weighted by molar-refractivity contribution is 5.85. The average Bonchev–Trinajstić information content (AvgIpc) is 2.65. The van der Waals surface area contributed by atoms with Crippen LogP contribution in [0.5, 0.6) is 0 Å². The summed E-state index contributed by atoms with van der Waals surface area (Å²) in [6.45, 7) is 5.00. The van der Waals surface area contributed by atoms with Gasteiger partial charge in [0.05, 0.1) is 19.7 Å². The minimum atomic E-state index is -0.192. The zero-order chi connectivity index (χ0) is 13.9. The van der Waals surface area contributed by atoms with Crippen LogP contribution in [-0.4, -0.2) is 76.2 Å². The van der Waals surface area contributed by atoms with Crippen molar-refractivity contribution >= 4 is 11.8 Å². The Balaban J connectivity index is 2.11. The number of hydrogen-bond donors (Lipinski definition) is 3. The van der Waals surface area contributed by atoms with E-state index < -0.39 is 0 Å². The zero-order valence-corrected chi connectivity index (χ0v) is 11.5. The summed E-state index contributed by atoms with van der Waals surface area (Å²) in [7, 11) is 1.57. The van der Waals surface area contributed by atoms with E-state index in [-0.39, 0.29) is 18.4 Å². The Bertz CT molecular complexity index is 278. The van der Waals surface area contributed by atoms with Crippen LogP contribution in [0.2, 0.25) is 0 Å². The number of carbonyl (C=O) groups excluding carboxylic acids is 2. The van der Waals surface area contributed by atoms with Crippen LogP contribution in [0.1, 0.15) is 6.42 Å². The second kappa shape index (κ2) is 9.71. The molecule has 1 heterocycles. The minimum absolute atomic E-state index is 0.0225. The Morgan fingerprint density at radius 3 is 2.84 bits per heavy atom. The quantitative estimate of drug-likeness (QED) is 0.475. The molecule has 7 heteroatoms. The SMILES string of the molecule is COCCNC(=O)CNC(=O)CN1CCCNCC1. The van der Waals surface area contributed by atoms with Gasteiger partial charge in [-0.25, -0.2) is 0 Å². The smallest absolute Gasteiger partial charge is 0.239 e. The van der Waals surface area contributed by atoms with Crippen molar-refractivity contribution < 1.29 is 14.3 Å². The molecule has 1 aliphatic rings. The van der Waals surface area contributed by atoms with E-state index >= 15 is 0 Å². The molecule has 0 aliphatic carbocycles. The molecular formula is C12H24N4O3. The van der Waals surface area contributed by atoms with Gasteiger partial charge >= 0.3 is 0 Å². The second-order valence-corrected chi connectivity index (χ2v) is 4.50. The summed E-state index contributed by atoms with van der Waals surface area (Å²) in [4.78, 5) is 25.1. The highest BCUT2D eigenvalue weighted by atomic mass is 16.5. The molecule has 2 amide bonds. The third-order valence-electron chi connectivity index (χ3n) is 2.87. The summed E-state index contributed by atoms with van der Waals surface area (Å²) < 4.78 is 4.82. The summed E-state index contributed by atoms with van der Waals surface area (Å²) in [6.07, 6.45) is 1.05. The number of methoxy groups -OCH3 is 1. The topological polar surface area (TPSA) is 82.7 Å². The molecule has 0 spiro atoms. The van der Waals surface area contributed by atoms with E-state index in [4.69, 9.17) is 4.74 Å². The molecule has 0 unspecified atom stereocenters. The highest BCUT2D eigenvalue weighted by Gasteiger charge is 2.13. The van der Waals surface area contributed by atoms with Crippen molar-refractivity contribution in [3.63, 3.8) is 0 Å². The highest BCUT2D eigenvalue weighted by Crippen LogP contribution is 1.94. The molecule has 0 aromatic rings. The molecule has 1 rings (SSSR count). The van der Waals surface area contributed by atoms with E-state index in [1.165, 1.54) is 0 Å². The largest absolute Gasteiger partial charge is 0.383 e. The molecule has 1 aliphatic heterocycles. The molecule has 1 fully saturated rings. The Morgan fingerprint density at radius 2 is 2.05 bits per heavy atom. The molecule has 0 aromatic heterocycles. The van der Waals surface area contributed by atoms with Crippen LogP contribution in [0, 0.1) is 0 Å². The summed E-state index contributed by atoms with van der Waals surface area (Å²) in [5.74, 6) is -0.299. The lowest BCUT2D eigenvalue weighted by atomic mass is 10.4. The number of nitrogens with zero attached hydrogens (tertiary/aromatic N) is 1. The molecule has 7 nitrogen and oxygen atoms in total. The van der Waals surface area contributed by atoms with Crippen molar-refractivity contribution in [2.24, 2.45) is 0 Å². The first-order valence-corrected chi connectivity index (χ1v) is 6.68. The van der Waals surface area contributed by atoms with Crippen LogP contribution in [0.4, 0.5) is 0 Å². The van der Waals surface area contributed by atoms with Crippen LogP contribution in [0.25, 0.3) is 0 Å². The van der Waals surface area contributed by atoms with Crippen molar-refractivity contribution in [3.8, 4) is 0 Å². The lowest BCUT2D eigenvalue weighted by Gasteiger charge is -2.18. The van der Waals surface area contributed by atoms with Gasteiger partial charge < -0.3 is 20.7 Å². The fraction of sp³-hybridized carbons (Fsp3) is 0.833. The lowest BCUT2D eigenvalue weighted by Crippen LogP contribution is -2.43. The summed E-state index contributed by atoms with van der Waals surface area (Å²) in [5.41, 5.74) is 0. The van der Waals surface area contributed by atoms with Gasteiger partial charge in [-0.05, 0) is 19.5 Å². The number of carbonyl (C=O) groups is 2. The van der Waals surface area contributed by atoms with Crippen molar-refractivity contribution in [2.75, 3.05) is 59.5 Å². The zero-order valence-electron chi connectivity index (χ0n) is 11.5. The molecule has 1 saturated heterocycles. The van der Waals surface area contributed by atoms with E-state index in [9.17, 15) is 9.59 Å². The van der Waals surface area contributed by atoms with Gasteiger partial charge in [0.2, 0.25) is 11.8 Å². The summed E-state index contributed by atoms with van der Waals surface area (Å²) in [6, 6.07) is 0. The van der Waals surface area contributed by atoms with E-state index in [1.807, 2.05) is 0 Å².